The number of furan rings is 1. The number of nitrogens with zero attached hydrogens (tertiary/aromatic N) is 2. The minimum Gasteiger partial charge on any atom is -0.457 e. The number of benzene rings is 2. The summed E-state index contributed by atoms with van der Waals surface area (Å²) in [6.45, 7) is 2.64. The van der Waals surface area contributed by atoms with Crippen LogP contribution in [0.25, 0.3) is 17.4 Å². The number of carbonyl (C=O) groups is 3. The first-order chi connectivity index (χ1) is 17.5. The molecule has 2 fully saturated rings. The maximum Gasteiger partial charge on any atom is 0.294 e. The van der Waals surface area contributed by atoms with Crippen molar-refractivity contribution in [3.05, 3.63) is 76.4 Å². The molecule has 2 aromatic carbocycles. The Kier molecular flexibility index (Phi) is 7.13. The number of carbonyl (C=O) groups excluding carboxylic acids is 3. The third kappa shape index (κ3) is 5.48. The fourth-order valence-corrected chi connectivity index (χ4v) is 4.83. The van der Waals surface area contributed by atoms with Crippen LogP contribution in [-0.2, 0) is 14.3 Å². The molecule has 0 radical (unpaired) electrons. The molecule has 0 atom stereocenters. The highest BCUT2D eigenvalue weighted by Crippen LogP contribution is 2.33. The molecule has 5 rings (SSSR count). The summed E-state index contributed by atoms with van der Waals surface area (Å²) in [5.41, 5.74) is 2.47. The molecule has 3 amide bonds. The van der Waals surface area contributed by atoms with E-state index in [4.69, 9.17) is 20.8 Å². The van der Waals surface area contributed by atoms with Crippen LogP contribution in [0.2, 0.25) is 5.02 Å². The van der Waals surface area contributed by atoms with Gasteiger partial charge in [-0.1, -0.05) is 11.6 Å². The highest BCUT2D eigenvalue weighted by molar-refractivity contribution is 8.18. The molecule has 1 N–H and O–H groups in total. The second-order valence-electron chi connectivity index (χ2n) is 8.17. The lowest BCUT2D eigenvalue weighted by Gasteiger charge is -2.28. The molecule has 0 bridgehead atoms. The van der Waals surface area contributed by atoms with E-state index in [0.29, 0.717) is 35.4 Å². The number of hydrogen-bond donors (Lipinski definition) is 1. The van der Waals surface area contributed by atoms with Gasteiger partial charge >= 0.3 is 0 Å². The van der Waals surface area contributed by atoms with Crippen molar-refractivity contribution < 1.29 is 23.5 Å². The van der Waals surface area contributed by atoms with Crippen LogP contribution in [0, 0.1) is 0 Å². The average molecular weight is 524 g/mol. The van der Waals surface area contributed by atoms with Crippen LogP contribution in [0.1, 0.15) is 5.76 Å². The quantitative estimate of drug-likeness (QED) is 0.449. The van der Waals surface area contributed by atoms with Gasteiger partial charge in [-0.3, -0.25) is 19.3 Å². The van der Waals surface area contributed by atoms with Crippen LogP contribution in [0.3, 0.4) is 0 Å². The third-order valence-corrected chi connectivity index (χ3v) is 6.89. The predicted molar refractivity (Wildman–Crippen MR) is 140 cm³/mol. The van der Waals surface area contributed by atoms with Crippen molar-refractivity contribution in [3.63, 3.8) is 0 Å². The summed E-state index contributed by atoms with van der Waals surface area (Å²) in [6.07, 6.45) is 1.51. The van der Waals surface area contributed by atoms with E-state index in [1.54, 1.807) is 36.4 Å². The Hall–Kier alpha value is -3.53. The molecule has 36 heavy (non-hydrogen) atoms. The lowest BCUT2D eigenvalue weighted by atomic mass is 10.2. The summed E-state index contributed by atoms with van der Waals surface area (Å²) < 4.78 is 11.2. The first-order valence-electron chi connectivity index (χ1n) is 11.3. The summed E-state index contributed by atoms with van der Waals surface area (Å²) in [4.78, 5) is 41.1. The number of imide groups is 1. The van der Waals surface area contributed by atoms with Crippen LogP contribution in [0.4, 0.5) is 16.2 Å². The largest absolute Gasteiger partial charge is 0.457 e. The first kappa shape index (κ1) is 24.2. The topological polar surface area (TPSA) is 92.1 Å². The lowest BCUT2D eigenvalue weighted by Crippen LogP contribution is -2.36. The Balaban J connectivity index is 1.20. The third-order valence-electron chi connectivity index (χ3n) is 5.73. The molecule has 3 heterocycles. The molecule has 10 heteroatoms. The molecule has 2 saturated heterocycles. The van der Waals surface area contributed by atoms with Gasteiger partial charge in [0.25, 0.3) is 11.1 Å². The first-order valence-corrected chi connectivity index (χ1v) is 12.5. The summed E-state index contributed by atoms with van der Waals surface area (Å²) in [6, 6.07) is 18.1. The van der Waals surface area contributed by atoms with Crippen molar-refractivity contribution in [2.24, 2.45) is 0 Å². The van der Waals surface area contributed by atoms with E-state index < -0.39 is 17.1 Å². The van der Waals surface area contributed by atoms with Crippen LogP contribution in [-0.4, -0.2) is 54.8 Å². The monoisotopic (exact) mass is 523 g/mol. The molecule has 0 unspecified atom stereocenters. The Bertz CT molecular complexity index is 1310. The Labute approximate surface area is 216 Å². The van der Waals surface area contributed by atoms with E-state index in [2.05, 4.69) is 10.2 Å². The minimum atomic E-state index is -0.535. The van der Waals surface area contributed by atoms with E-state index >= 15 is 0 Å². The molecular weight excluding hydrogens is 502 g/mol. The molecule has 0 spiro atoms. The van der Waals surface area contributed by atoms with Crippen molar-refractivity contribution in [3.8, 4) is 11.3 Å². The number of amides is 3. The van der Waals surface area contributed by atoms with E-state index in [0.717, 1.165) is 41.0 Å². The van der Waals surface area contributed by atoms with Crippen molar-refractivity contribution in [2.75, 3.05) is 43.1 Å². The lowest BCUT2D eigenvalue weighted by molar-refractivity contribution is -0.127. The molecule has 2 aliphatic heterocycles. The number of anilines is 2. The molecule has 0 aliphatic carbocycles. The van der Waals surface area contributed by atoms with Gasteiger partial charge in [0.2, 0.25) is 5.91 Å². The van der Waals surface area contributed by atoms with Crippen molar-refractivity contribution in [1.29, 1.82) is 0 Å². The van der Waals surface area contributed by atoms with Gasteiger partial charge in [-0.25, -0.2) is 0 Å². The number of halogens is 1. The maximum absolute atomic E-state index is 12.8. The second kappa shape index (κ2) is 10.6. The molecule has 2 aliphatic rings. The standard InChI is InChI=1S/C26H22ClN3O5S/c27-18-3-1-17(2-4-18)22-10-9-21(35-22)15-23-25(32)30(26(33)36-23)16-24(31)28-19-5-7-20(8-6-19)29-11-13-34-14-12-29/h1-10,15H,11-14,16H2,(H,28,31)/b23-15+. The predicted octanol–water partition coefficient (Wildman–Crippen LogP) is 5.11. The molecule has 184 valence electrons. The second-order valence-corrected chi connectivity index (χ2v) is 9.60. The fraction of sp³-hybridized carbons (Fsp3) is 0.192. The molecule has 0 saturated carbocycles. The van der Waals surface area contributed by atoms with Crippen LogP contribution in [0.5, 0.6) is 0 Å². The SMILES string of the molecule is O=C(CN1C(=O)S/C(=C/c2ccc(-c3ccc(Cl)cc3)o2)C1=O)Nc1ccc(N2CCOCC2)cc1. The Morgan fingerprint density at radius 1 is 1.00 bits per heavy atom. The summed E-state index contributed by atoms with van der Waals surface area (Å²) >= 11 is 6.70. The average Bonchev–Trinajstić information content (AvgIpc) is 3.46. The van der Waals surface area contributed by atoms with Crippen LogP contribution >= 0.6 is 23.4 Å². The molecule has 3 aromatic rings. The Morgan fingerprint density at radius 3 is 2.44 bits per heavy atom. The highest BCUT2D eigenvalue weighted by atomic mass is 35.5. The Morgan fingerprint density at radius 2 is 1.72 bits per heavy atom. The highest BCUT2D eigenvalue weighted by Gasteiger charge is 2.36. The van der Waals surface area contributed by atoms with Gasteiger partial charge < -0.3 is 19.4 Å². The number of thioether (sulfide) groups is 1. The van der Waals surface area contributed by atoms with Gasteiger partial charge in [-0.05, 0) is 72.4 Å². The van der Waals surface area contributed by atoms with Crippen LogP contribution < -0.4 is 10.2 Å². The zero-order chi connectivity index (χ0) is 25.1. The number of hydrogen-bond acceptors (Lipinski definition) is 7. The van der Waals surface area contributed by atoms with Crippen molar-refractivity contribution >= 4 is 57.9 Å². The summed E-state index contributed by atoms with van der Waals surface area (Å²) in [5, 5.41) is 2.86. The summed E-state index contributed by atoms with van der Waals surface area (Å²) in [7, 11) is 0. The number of morpholine rings is 1. The van der Waals surface area contributed by atoms with Gasteiger partial charge in [-0.2, -0.15) is 0 Å². The normalized spacial score (nSPS) is 17.2. The van der Waals surface area contributed by atoms with Gasteiger partial charge in [0.1, 0.15) is 18.1 Å². The van der Waals surface area contributed by atoms with Crippen molar-refractivity contribution in [1.82, 2.24) is 4.90 Å². The van der Waals surface area contributed by atoms with Gasteiger partial charge in [0.15, 0.2) is 0 Å². The summed E-state index contributed by atoms with van der Waals surface area (Å²) in [5.74, 6) is 0.0411. The molecular formula is C26H22ClN3O5S. The molecule has 1 aromatic heterocycles. The zero-order valence-electron chi connectivity index (χ0n) is 19.1. The van der Waals surface area contributed by atoms with Crippen molar-refractivity contribution in [2.45, 2.75) is 0 Å². The van der Waals surface area contributed by atoms with E-state index in [1.165, 1.54) is 6.08 Å². The van der Waals surface area contributed by atoms with Gasteiger partial charge in [-0.15, -0.1) is 0 Å². The number of ether oxygens (including phenoxy) is 1. The smallest absolute Gasteiger partial charge is 0.294 e. The maximum atomic E-state index is 12.8. The number of rotatable bonds is 6. The minimum absolute atomic E-state index is 0.194. The van der Waals surface area contributed by atoms with E-state index in [1.807, 2.05) is 24.3 Å². The van der Waals surface area contributed by atoms with Gasteiger partial charge in [0, 0.05) is 41.1 Å². The van der Waals surface area contributed by atoms with E-state index in [9.17, 15) is 14.4 Å². The van der Waals surface area contributed by atoms with Crippen LogP contribution in [0.15, 0.2) is 70.0 Å². The fourth-order valence-electron chi connectivity index (χ4n) is 3.89. The zero-order valence-corrected chi connectivity index (χ0v) is 20.7. The molecule has 8 nitrogen and oxygen atoms in total. The van der Waals surface area contributed by atoms with Gasteiger partial charge in [0.05, 0.1) is 18.1 Å². The van der Waals surface area contributed by atoms with E-state index in [-0.39, 0.29) is 11.4 Å². The number of nitrogens with one attached hydrogen (secondary N) is 1.